The standard InChI is InChI=1S/C26H23Cl2N3O3S/c1-16-24(13-29)35-26(30-16)31-25(32)19-10-20(33-14-17-6-2-4-8-22(17)27)12-21(11-19)34-15-18-7-3-5-9-23(18)28/h2-12H,13-15,29H2,1H3,(H,30,31,32). The average Bonchev–Trinajstić information content (AvgIpc) is 3.21. The van der Waals surface area contributed by atoms with E-state index in [1.54, 1.807) is 30.3 Å². The van der Waals surface area contributed by atoms with Crippen molar-refractivity contribution in [1.29, 1.82) is 0 Å². The van der Waals surface area contributed by atoms with Crippen LogP contribution in [0.3, 0.4) is 0 Å². The number of ether oxygens (including phenoxy) is 2. The maximum absolute atomic E-state index is 13.1. The summed E-state index contributed by atoms with van der Waals surface area (Å²) in [7, 11) is 0. The minimum Gasteiger partial charge on any atom is -0.489 e. The van der Waals surface area contributed by atoms with E-state index in [1.165, 1.54) is 11.3 Å². The molecule has 3 aromatic carbocycles. The van der Waals surface area contributed by atoms with Crippen molar-refractivity contribution in [3.05, 3.63) is 104 Å². The quantitative estimate of drug-likeness (QED) is 0.255. The molecule has 3 N–H and O–H groups in total. The SMILES string of the molecule is Cc1nc(NC(=O)c2cc(OCc3ccccc3Cl)cc(OCc3ccccc3Cl)c2)sc1CN. The normalized spacial score (nSPS) is 10.7. The highest BCUT2D eigenvalue weighted by Gasteiger charge is 2.15. The van der Waals surface area contributed by atoms with Crippen molar-refractivity contribution < 1.29 is 14.3 Å². The number of thiazole rings is 1. The fourth-order valence-electron chi connectivity index (χ4n) is 3.26. The van der Waals surface area contributed by atoms with Gasteiger partial charge in [-0.15, -0.1) is 11.3 Å². The van der Waals surface area contributed by atoms with E-state index in [4.69, 9.17) is 38.4 Å². The molecule has 0 fully saturated rings. The van der Waals surface area contributed by atoms with E-state index in [-0.39, 0.29) is 19.1 Å². The molecule has 1 amide bonds. The van der Waals surface area contributed by atoms with Crippen LogP contribution in [0, 0.1) is 6.92 Å². The molecule has 6 nitrogen and oxygen atoms in total. The van der Waals surface area contributed by atoms with E-state index in [0.717, 1.165) is 21.7 Å². The van der Waals surface area contributed by atoms with Gasteiger partial charge in [-0.3, -0.25) is 10.1 Å². The molecule has 9 heteroatoms. The van der Waals surface area contributed by atoms with Gasteiger partial charge < -0.3 is 15.2 Å². The molecule has 0 bridgehead atoms. The second-order valence-corrected chi connectivity index (χ2v) is 9.54. The summed E-state index contributed by atoms with van der Waals surface area (Å²) in [6.07, 6.45) is 0. The summed E-state index contributed by atoms with van der Waals surface area (Å²) in [6, 6.07) is 19.9. The topological polar surface area (TPSA) is 86.5 Å². The molecule has 4 aromatic rings. The summed E-state index contributed by atoms with van der Waals surface area (Å²) >= 11 is 13.9. The largest absolute Gasteiger partial charge is 0.489 e. The lowest BCUT2D eigenvalue weighted by molar-refractivity contribution is 0.102. The third-order valence-electron chi connectivity index (χ3n) is 5.15. The summed E-state index contributed by atoms with van der Waals surface area (Å²) < 4.78 is 11.9. The van der Waals surface area contributed by atoms with Crippen molar-refractivity contribution in [1.82, 2.24) is 4.98 Å². The summed E-state index contributed by atoms with van der Waals surface area (Å²) in [5.74, 6) is 0.586. The number of anilines is 1. The van der Waals surface area contributed by atoms with Crippen LogP contribution in [0.1, 0.15) is 32.1 Å². The molecule has 0 saturated carbocycles. The van der Waals surface area contributed by atoms with Gasteiger partial charge in [-0.05, 0) is 31.2 Å². The monoisotopic (exact) mass is 527 g/mol. The van der Waals surface area contributed by atoms with E-state index in [1.807, 2.05) is 43.3 Å². The van der Waals surface area contributed by atoms with Crippen LogP contribution >= 0.6 is 34.5 Å². The van der Waals surface area contributed by atoms with Crippen LogP contribution in [-0.2, 0) is 19.8 Å². The Labute approximate surface area is 217 Å². The number of hydrogen-bond acceptors (Lipinski definition) is 6. The number of nitrogens with two attached hydrogens (primary N) is 1. The minimum absolute atomic E-state index is 0.236. The third-order valence-corrected chi connectivity index (χ3v) is 6.98. The van der Waals surface area contributed by atoms with Gasteiger partial charge in [0.1, 0.15) is 24.7 Å². The first-order chi connectivity index (χ1) is 16.9. The number of carbonyl (C=O) groups excluding carboxylic acids is 1. The lowest BCUT2D eigenvalue weighted by Gasteiger charge is -2.13. The summed E-state index contributed by atoms with van der Waals surface area (Å²) in [6.45, 7) is 2.70. The first kappa shape index (κ1) is 25.0. The smallest absolute Gasteiger partial charge is 0.257 e. The molecule has 4 rings (SSSR count). The fourth-order valence-corrected chi connectivity index (χ4v) is 4.48. The van der Waals surface area contributed by atoms with E-state index >= 15 is 0 Å². The van der Waals surface area contributed by atoms with Crippen LogP contribution < -0.4 is 20.5 Å². The molecule has 0 aliphatic carbocycles. The second-order valence-electron chi connectivity index (χ2n) is 7.64. The Morgan fingerprint density at radius 3 is 1.97 bits per heavy atom. The Bertz CT molecular complexity index is 1280. The fraction of sp³-hybridized carbons (Fsp3) is 0.154. The number of rotatable bonds is 9. The first-order valence-electron chi connectivity index (χ1n) is 10.8. The number of nitrogens with zero attached hydrogens (tertiary/aromatic N) is 1. The van der Waals surface area contributed by atoms with Gasteiger partial charge in [0.2, 0.25) is 0 Å². The number of nitrogens with one attached hydrogen (secondary N) is 1. The maximum Gasteiger partial charge on any atom is 0.257 e. The summed E-state index contributed by atoms with van der Waals surface area (Å²) in [5.41, 5.74) is 8.55. The Hall–Kier alpha value is -3.10. The predicted octanol–water partition coefficient (Wildman–Crippen LogP) is 6.63. The van der Waals surface area contributed by atoms with E-state index in [0.29, 0.717) is 38.8 Å². The molecule has 0 unspecified atom stereocenters. The molecular formula is C26H23Cl2N3O3S. The Kier molecular flexibility index (Phi) is 8.25. The van der Waals surface area contributed by atoms with Crippen molar-refractivity contribution in [3.8, 4) is 11.5 Å². The Morgan fingerprint density at radius 2 is 1.49 bits per heavy atom. The molecule has 0 saturated heterocycles. The number of aryl methyl sites for hydroxylation is 1. The minimum atomic E-state index is -0.340. The van der Waals surface area contributed by atoms with Crippen molar-refractivity contribution in [3.63, 3.8) is 0 Å². The highest BCUT2D eigenvalue weighted by molar-refractivity contribution is 7.15. The molecule has 0 aliphatic heterocycles. The first-order valence-corrected chi connectivity index (χ1v) is 12.4. The van der Waals surface area contributed by atoms with Gasteiger partial charge in [0.25, 0.3) is 5.91 Å². The Morgan fingerprint density at radius 1 is 0.943 bits per heavy atom. The van der Waals surface area contributed by atoms with E-state index in [2.05, 4.69) is 10.3 Å². The van der Waals surface area contributed by atoms with Crippen molar-refractivity contribution in [2.75, 3.05) is 5.32 Å². The average molecular weight is 528 g/mol. The lowest BCUT2D eigenvalue weighted by Crippen LogP contribution is -2.12. The van der Waals surface area contributed by atoms with Crippen molar-refractivity contribution >= 4 is 45.6 Å². The molecule has 0 radical (unpaired) electrons. The predicted molar refractivity (Wildman–Crippen MR) is 141 cm³/mol. The van der Waals surface area contributed by atoms with Crippen LogP contribution in [-0.4, -0.2) is 10.9 Å². The molecule has 35 heavy (non-hydrogen) atoms. The molecule has 0 atom stereocenters. The number of halogens is 2. The highest BCUT2D eigenvalue weighted by Crippen LogP contribution is 2.28. The third kappa shape index (κ3) is 6.52. The second kappa shape index (κ2) is 11.6. The molecule has 0 aliphatic rings. The van der Waals surface area contributed by atoms with Gasteiger partial charge in [0.15, 0.2) is 5.13 Å². The number of benzene rings is 3. The van der Waals surface area contributed by atoms with Crippen molar-refractivity contribution in [2.24, 2.45) is 5.73 Å². The highest BCUT2D eigenvalue weighted by atomic mass is 35.5. The van der Waals surface area contributed by atoms with Gasteiger partial charge in [-0.2, -0.15) is 0 Å². The van der Waals surface area contributed by atoms with Crippen molar-refractivity contribution in [2.45, 2.75) is 26.7 Å². The molecule has 180 valence electrons. The Balaban J connectivity index is 1.57. The van der Waals surface area contributed by atoms with E-state index in [9.17, 15) is 4.79 Å². The van der Waals surface area contributed by atoms with Crippen LogP contribution in [0.4, 0.5) is 5.13 Å². The zero-order chi connectivity index (χ0) is 24.8. The lowest BCUT2D eigenvalue weighted by atomic mass is 10.2. The van der Waals surface area contributed by atoms with Crippen LogP contribution in [0.5, 0.6) is 11.5 Å². The molecule has 1 heterocycles. The summed E-state index contributed by atoms with van der Waals surface area (Å²) in [5, 5.41) is 4.52. The summed E-state index contributed by atoms with van der Waals surface area (Å²) in [4.78, 5) is 18.4. The van der Waals surface area contributed by atoms with Crippen LogP contribution in [0.25, 0.3) is 0 Å². The van der Waals surface area contributed by atoms with Gasteiger partial charge in [-0.25, -0.2) is 4.98 Å². The van der Waals surface area contributed by atoms with Gasteiger partial charge in [-0.1, -0.05) is 59.6 Å². The molecule has 0 spiro atoms. The van der Waals surface area contributed by atoms with Crippen LogP contribution in [0.2, 0.25) is 10.0 Å². The number of hydrogen-bond donors (Lipinski definition) is 2. The number of aromatic nitrogens is 1. The zero-order valence-electron chi connectivity index (χ0n) is 18.9. The number of amides is 1. The van der Waals surface area contributed by atoms with Gasteiger partial charge in [0.05, 0.1) is 5.69 Å². The zero-order valence-corrected chi connectivity index (χ0v) is 21.2. The van der Waals surface area contributed by atoms with Gasteiger partial charge >= 0.3 is 0 Å². The van der Waals surface area contributed by atoms with Crippen LogP contribution in [0.15, 0.2) is 66.7 Å². The maximum atomic E-state index is 13.1. The van der Waals surface area contributed by atoms with E-state index < -0.39 is 0 Å². The molecular weight excluding hydrogens is 505 g/mol. The van der Waals surface area contributed by atoms with Gasteiger partial charge in [0, 0.05) is 44.2 Å². The molecule has 1 aromatic heterocycles. The number of carbonyl (C=O) groups is 1.